The third-order valence-electron chi connectivity index (χ3n) is 4.81. The predicted octanol–water partition coefficient (Wildman–Crippen LogP) is 1.86. The van der Waals surface area contributed by atoms with Crippen LogP contribution in [-0.2, 0) is 13.0 Å². The Morgan fingerprint density at radius 2 is 1.63 bits per heavy atom. The molecule has 0 unspecified atom stereocenters. The molecule has 0 atom stereocenters. The number of hydrogen-bond donors (Lipinski definition) is 2. The molecule has 3 N–H and O–H groups in total. The van der Waals surface area contributed by atoms with Gasteiger partial charge in [0.25, 0.3) is 0 Å². The third kappa shape index (κ3) is 5.56. The van der Waals surface area contributed by atoms with Crippen LogP contribution < -0.4 is 11.1 Å². The fourth-order valence-electron chi connectivity index (χ4n) is 3.26. The van der Waals surface area contributed by atoms with Gasteiger partial charge in [0.15, 0.2) is 0 Å². The second kappa shape index (κ2) is 9.19. The van der Waals surface area contributed by atoms with Crippen molar-refractivity contribution in [3.8, 4) is 0 Å². The van der Waals surface area contributed by atoms with Crippen molar-refractivity contribution in [3.05, 3.63) is 71.3 Å². The van der Waals surface area contributed by atoms with E-state index in [1.165, 1.54) is 5.56 Å². The Bertz CT molecular complexity index is 771. The molecule has 1 heterocycles. The van der Waals surface area contributed by atoms with E-state index in [9.17, 15) is 9.59 Å². The number of benzene rings is 2. The molecule has 1 fully saturated rings. The molecular weight excluding hydrogens is 340 g/mol. The van der Waals surface area contributed by atoms with E-state index in [1.54, 1.807) is 12.1 Å². The Balaban J connectivity index is 1.39. The highest BCUT2D eigenvalue weighted by Gasteiger charge is 2.20. The normalized spacial score (nSPS) is 14.7. The fourth-order valence-corrected chi connectivity index (χ4v) is 3.26. The molecule has 27 heavy (non-hydrogen) atoms. The molecule has 2 aromatic carbocycles. The highest BCUT2D eigenvalue weighted by molar-refractivity contribution is 5.92. The number of nitrogens with two attached hydrogens (primary N) is 1. The number of nitrogens with one attached hydrogen (secondary N) is 1. The largest absolute Gasteiger partial charge is 0.366 e. The minimum atomic E-state index is -0.436. The first-order chi connectivity index (χ1) is 13.1. The molecule has 0 saturated carbocycles. The summed E-state index contributed by atoms with van der Waals surface area (Å²) < 4.78 is 0. The van der Waals surface area contributed by atoms with Crippen LogP contribution in [0.1, 0.15) is 21.5 Å². The smallest absolute Gasteiger partial charge is 0.317 e. The number of nitrogens with zero attached hydrogens (tertiary/aromatic N) is 2. The fraction of sp³-hybridized carbons (Fsp3) is 0.333. The van der Waals surface area contributed by atoms with E-state index in [1.807, 2.05) is 23.1 Å². The Morgan fingerprint density at radius 3 is 2.33 bits per heavy atom. The van der Waals surface area contributed by atoms with E-state index in [0.29, 0.717) is 18.5 Å². The summed E-state index contributed by atoms with van der Waals surface area (Å²) in [6.45, 7) is 4.68. The van der Waals surface area contributed by atoms with E-state index < -0.39 is 5.91 Å². The maximum atomic E-state index is 12.4. The monoisotopic (exact) mass is 366 g/mol. The van der Waals surface area contributed by atoms with Gasteiger partial charge in [0.05, 0.1) is 0 Å². The zero-order valence-electron chi connectivity index (χ0n) is 15.4. The quantitative estimate of drug-likeness (QED) is 0.819. The van der Waals surface area contributed by atoms with Crippen LogP contribution in [0.15, 0.2) is 54.6 Å². The lowest BCUT2D eigenvalue weighted by Gasteiger charge is -2.34. The first kappa shape index (κ1) is 18.9. The predicted molar refractivity (Wildman–Crippen MR) is 105 cm³/mol. The van der Waals surface area contributed by atoms with Crippen molar-refractivity contribution < 1.29 is 9.59 Å². The molecule has 1 aliphatic heterocycles. The summed E-state index contributed by atoms with van der Waals surface area (Å²) in [7, 11) is 0. The van der Waals surface area contributed by atoms with Gasteiger partial charge in [-0.3, -0.25) is 9.69 Å². The molecule has 1 aliphatic rings. The lowest BCUT2D eigenvalue weighted by Crippen LogP contribution is -2.51. The highest BCUT2D eigenvalue weighted by atomic mass is 16.2. The first-order valence-electron chi connectivity index (χ1n) is 9.29. The molecule has 0 aromatic heterocycles. The second-order valence-electron chi connectivity index (χ2n) is 6.80. The zero-order valence-corrected chi connectivity index (χ0v) is 15.4. The number of piperazine rings is 1. The molecule has 3 rings (SSSR count). The van der Waals surface area contributed by atoms with E-state index in [2.05, 4.69) is 34.5 Å². The third-order valence-corrected chi connectivity index (χ3v) is 4.81. The van der Waals surface area contributed by atoms with Crippen LogP contribution in [0.3, 0.4) is 0 Å². The van der Waals surface area contributed by atoms with Crippen molar-refractivity contribution >= 4 is 11.9 Å². The maximum Gasteiger partial charge on any atom is 0.317 e. The van der Waals surface area contributed by atoms with Gasteiger partial charge in [0.1, 0.15) is 0 Å². The number of urea groups is 1. The molecule has 3 amide bonds. The lowest BCUT2D eigenvalue weighted by molar-refractivity contribution is 0.1000. The summed E-state index contributed by atoms with van der Waals surface area (Å²) in [5.41, 5.74) is 8.08. The Kier molecular flexibility index (Phi) is 6.44. The summed E-state index contributed by atoms with van der Waals surface area (Å²) in [6, 6.07) is 17.6. The van der Waals surface area contributed by atoms with Gasteiger partial charge in [-0.1, -0.05) is 42.5 Å². The molecule has 6 nitrogen and oxygen atoms in total. The molecular formula is C21H26N4O2. The lowest BCUT2D eigenvalue weighted by atomic mass is 10.1. The SMILES string of the molecule is NC(=O)c1cccc(CCNC(=O)N2CCN(Cc3ccccc3)CC2)c1. The summed E-state index contributed by atoms with van der Waals surface area (Å²) in [5.74, 6) is -0.436. The molecule has 0 spiro atoms. The number of hydrogen-bond acceptors (Lipinski definition) is 3. The van der Waals surface area contributed by atoms with Crippen LogP contribution in [0.2, 0.25) is 0 Å². The van der Waals surface area contributed by atoms with Gasteiger partial charge in [-0.05, 0) is 29.7 Å². The second-order valence-corrected chi connectivity index (χ2v) is 6.80. The number of amides is 3. The van der Waals surface area contributed by atoms with Gasteiger partial charge >= 0.3 is 6.03 Å². The highest BCUT2D eigenvalue weighted by Crippen LogP contribution is 2.09. The van der Waals surface area contributed by atoms with Crippen LogP contribution in [0.5, 0.6) is 0 Å². The van der Waals surface area contributed by atoms with E-state index in [-0.39, 0.29) is 6.03 Å². The van der Waals surface area contributed by atoms with Crippen molar-refractivity contribution in [1.29, 1.82) is 0 Å². The van der Waals surface area contributed by atoms with Crippen LogP contribution in [-0.4, -0.2) is 54.5 Å². The molecule has 0 radical (unpaired) electrons. The molecule has 0 aliphatic carbocycles. The average molecular weight is 366 g/mol. The van der Waals surface area contributed by atoms with Crippen molar-refractivity contribution in [3.63, 3.8) is 0 Å². The van der Waals surface area contributed by atoms with Crippen LogP contribution >= 0.6 is 0 Å². The summed E-state index contributed by atoms with van der Waals surface area (Å²) in [5, 5.41) is 2.97. The van der Waals surface area contributed by atoms with Crippen molar-refractivity contribution in [1.82, 2.24) is 15.1 Å². The van der Waals surface area contributed by atoms with Gasteiger partial charge in [0.2, 0.25) is 5.91 Å². The Labute approximate surface area is 159 Å². The van der Waals surface area contributed by atoms with Gasteiger partial charge in [0, 0.05) is 44.8 Å². The van der Waals surface area contributed by atoms with Crippen molar-refractivity contribution in [2.45, 2.75) is 13.0 Å². The van der Waals surface area contributed by atoms with Crippen molar-refractivity contribution in [2.75, 3.05) is 32.7 Å². The Morgan fingerprint density at radius 1 is 0.926 bits per heavy atom. The molecule has 0 bridgehead atoms. The number of carbonyl (C=O) groups is 2. The van der Waals surface area contributed by atoms with Crippen LogP contribution in [0, 0.1) is 0 Å². The molecule has 1 saturated heterocycles. The molecule has 2 aromatic rings. The van der Waals surface area contributed by atoms with Crippen molar-refractivity contribution in [2.24, 2.45) is 5.73 Å². The number of rotatable bonds is 6. The summed E-state index contributed by atoms with van der Waals surface area (Å²) in [6.07, 6.45) is 0.667. The number of carbonyl (C=O) groups excluding carboxylic acids is 2. The maximum absolute atomic E-state index is 12.4. The summed E-state index contributed by atoms with van der Waals surface area (Å²) >= 11 is 0. The topological polar surface area (TPSA) is 78.7 Å². The first-order valence-corrected chi connectivity index (χ1v) is 9.29. The number of primary amides is 1. The standard InChI is InChI=1S/C21H26N4O2/c22-20(26)19-8-4-7-17(15-19)9-10-23-21(27)25-13-11-24(12-14-25)16-18-5-2-1-3-6-18/h1-8,15H,9-14,16H2,(H2,22,26)(H,23,27). The molecule has 142 valence electrons. The Hall–Kier alpha value is -2.86. The minimum Gasteiger partial charge on any atom is -0.366 e. The van der Waals surface area contributed by atoms with Crippen LogP contribution in [0.4, 0.5) is 4.79 Å². The van der Waals surface area contributed by atoms with Gasteiger partial charge < -0.3 is 16.0 Å². The van der Waals surface area contributed by atoms with Gasteiger partial charge in [-0.15, -0.1) is 0 Å². The van der Waals surface area contributed by atoms with Gasteiger partial charge in [-0.25, -0.2) is 4.79 Å². The average Bonchev–Trinajstić information content (AvgIpc) is 2.69. The minimum absolute atomic E-state index is 0.0274. The van der Waals surface area contributed by atoms with Gasteiger partial charge in [-0.2, -0.15) is 0 Å². The summed E-state index contributed by atoms with van der Waals surface area (Å²) in [4.78, 5) is 27.8. The van der Waals surface area contributed by atoms with Crippen LogP contribution in [0.25, 0.3) is 0 Å². The van der Waals surface area contributed by atoms with E-state index in [0.717, 1.165) is 38.3 Å². The van der Waals surface area contributed by atoms with E-state index >= 15 is 0 Å². The molecule has 6 heteroatoms. The van der Waals surface area contributed by atoms with E-state index in [4.69, 9.17) is 5.73 Å². The zero-order chi connectivity index (χ0) is 19.1.